The Labute approximate surface area is 61.8 Å². The Morgan fingerprint density at radius 3 is 2.27 bits per heavy atom. The Balaban J connectivity index is 2.57. The van der Waals surface area contributed by atoms with Crippen LogP contribution in [0, 0.1) is 11.8 Å². The van der Waals surface area contributed by atoms with Crippen LogP contribution in [0.3, 0.4) is 0 Å². The van der Waals surface area contributed by atoms with E-state index in [0.717, 1.165) is 0 Å². The Morgan fingerprint density at radius 1 is 1.27 bits per heavy atom. The Bertz CT molecular complexity index is 133. The standard InChI is InChI=1S/C6H9F4N/c7-1-4-2-11-3-5(4)6(8,9)10/h4-5,11H,1-3H2/t4-,5-/m1/s1. The molecule has 2 atom stereocenters. The van der Waals surface area contributed by atoms with Gasteiger partial charge in [0, 0.05) is 19.0 Å². The third kappa shape index (κ3) is 1.83. The monoisotopic (exact) mass is 171 g/mol. The number of nitrogens with one attached hydrogen (secondary N) is 1. The molecule has 0 radical (unpaired) electrons. The van der Waals surface area contributed by atoms with Gasteiger partial charge in [-0.15, -0.1) is 0 Å². The maximum atomic E-state index is 12.0. The number of halogens is 4. The average molecular weight is 171 g/mol. The minimum atomic E-state index is -4.25. The van der Waals surface area contributed by atoms with E-state index < -0.39 is 24.7 Å². The van der Waals surface area contributed by atoms with Crippen molar-refractivity contribution in [1.29, 1.82) is 0 Å². The fourth-order valence-corrected chi connectivity index (χ4v) is 1.28. The molecule has 0 aliphatic carbocycles. The predicted molar refractivity (Wildman–Crippen MR) is 31.9 cm³/mol. The Hall–Kier alpha value is -0.320. The molecule has 1 saturated heterocycles. The molecule has 0 saturated carbocycles. The van der Waals surface area contributed by atoms with Crippen molar-refractivity contribution in [3.8, 4) is 0 Å². The SMILES string of the molecule is FC[C@@H]1CNC[C@H]1C(F)(F)F. The molecule has 0 aromatic carbocycles. The lowest BCUT2D eigenvalue weighted by Crippen LogP contribution is -2.30. The lowest BCUT2D eigenvalue weighted by atomic mass is 9.97. The highest BCUT2D eigenvalue weighted by Gasteiger charge is 2.46. The minimum absolute atomic E-state index is 0.140. The zero-order valence-corrected chi connectivity index (χ0v) is 5.79. The topological polar surface area (TPSA) is 12.0 Å². The van der Waals surface area contributed by atoms with Gasteiger partial charge in [-0.25, -0.2) is 0 Å². The van der Waals surface area contributed by atoms with Crippen molar-refractivity contribution < 1.29 is 17.6 Å². The van der Waals surface area contributed by atoms with E-state index in [1.807, 2.05) is 0 Å². The van der Waals surface area contributed by atoms with Gasteiger partial charge in [-0.3, -0.25) is 4.39 Å². The van der Waals surface area contributed by atoms with Gasteiger partial charge in [0.25, 0.3) is 0 Å². The van der Waals surface area contributed by atoms with Gasteiger partial charge in [0.1, 0.15) is 0 Å². The lowest BCUT2D eigenvalue weighted by molar-refractivity contribution is -0.180. The minimum Gasteiger partial charge on any atom is -0.316 e. The molecular formula is C6H9F4N. The van der Waals surface area contributed by atoms with E-state index in [-0.39, 0.29) is 13.1 Å². The summed E-state index contributed by atoms with van der Waals surface area (Å²) in [5, 5.41) is 2.52. The Morgan fingerprint density at radius 2 is 1.91 bits per heavy atom. The number of hydrogen-bond donors (Lipinski definition) is 1. The van der Waals surface area contributed by atoms with E-state index in [1.54, 1.807) is 0 Å². The normalized spacial score (nSPS) is 32.7. The molecule has 0 unspecified atom stereocenters. The van der Waals surface area contributed by atoms with Crippen molar-refractivity contribution in [2.24, 2.45) is 11.8 Å². The lowest BCUT2D eigenvalue weighted by Gasteiger charge is -2.18. The molecule has 66 valence electrons. The second-order valence-electron chi connectivity index (χ2n) is 2.72. The van der Waals surface area contributed by atoms with Crippen molar-refractivity contribution in [3.63, 3.8) is 0 Å². The summed E-state index contributed by atoms with van der Waals surface area (Å²) in [6, 6.07) is 0. The van der Waals surface area contributed by atoms with Gasteiger partial charge in [0.15, 0.2) is 0 Å². The molecule has 1 heterocycles. The Kier molecular flexibility index (Phi) is 2.37. The first kappa shape index (κ1) is 8.77. The molecule has 1 fully saturated rings. The average Bonchev–Trinajstić information content (AvgIpc) is 2.31. The van der Waals surface area contributed by atoms with Gasteiger partial charge < -0.3 is 5.32 Å². The molecule has 1 aliphatic heterocycles. The first-order chi connectivity index (χ1) is 5.05. The summed E-state index contributed by atoms with van der Waals surface area (Å²) in [5.41, 5.74) is 0. The van der Waals surface area contributed by atoms with Crippen LogP contribution in [0.1, 0.15) is 0 Å². The van der Waals surface area contributed by atoms with E-state index in [2.05, 4.69) is 5.32 Å². The van der Waals surface area contributed by atoms with Crippen molar-refractivity contribution >= 4 is 0 Å². The predicted octanol–water partition coefficient (Wildman–Crippen LogP) is 1.35. The van der Waals surface area contributed by atoms with Crippen molar-refractivity contribution in [2.75, 3.05) is 19.8 Å². The van der Waals surface area contributed by atoms with Crippen molar-refractivity contribution in [2.45, 2.75) is 6.18 Å². The summed E-state index contributed by atoms with van der Waals surface area (Å²) in [7, 11) is 0. The highest BCUT2D eigenvalue weighted by Crippen LogP contribution is 2.34. The summed E-state index contributed by atoms with van der Waals surface area (Å²) in [6.07, 6.45) is -4.25. The first-order valence-corrected chi connectivity index (χ1v) is 3.39. The van der Waals surface area contributed by atoms with Gasteiger partial charge >= 0.3 is 6.18 Å². The van der Waals surface area contributed by atoms with Crippen LogP contribution in [0.15, 0.2) is 0 Å². The summed E-state index contributed by atoms with van der Waals surface area (Å²) in [6.45, 7) is -0.893. The van der Waals surface area contributed by atoms with Crippen LogP contribution in [0.5, 0.6) is 0 Å². The van der Waals surface area contributed by atoms with E-state index in [4.69, 9.17) is 0 Å². The molecule has 5 heteroatoms. The second kappa shape index (κ2) is 2.97. The quantitative estimate of drug-likeness (QED) is 0.587. The van der Waals surface area contributed by atoms with E-state index in [9.17, 15) is 17.6 Å². The summed E-state index contributed by atoms with van der Waals surface area (Å²) < 4.78 is 47.9. The molecule has 0 amide bonds. The molecule has 0 aromatic rings. The number of alkyl halides is 4. The molecule has 1 aliphatic rings. The van der Waals surface area contributed by atoms with Crippen LogP contribution in [-0.2, 0) is 0 Å². The number of hydrogen-bond acceptors (Lipinski definition) is 1. The smallest absolute Gasteiger partial charge is 0.316 e. The summed E-state index contributed by atoms with van der Waals surface area (Å²) in [4.78, 5) is 0. The van der Waals surface area contributed by atoms with Crippen LogP contribution in [0.25, 0.3) is 0 Å². The van der Waals surface area contributed by atoms with Gasteiger partial charge in [-0.05, 0) is 0 Å². The molecule has 1 N–H and O–H groups in total. The van der Waals surface area contributed by atoms with Crippen molar-refractivity contribution in [3.05, 3.63) is 0 Å². The fourth-order valence-electron chi connectivity index (χ4n) is 1.28. The maximum absolute atomic E-state index is 12.0. The molecule has 1 rings (SSSR count). The van der Waals surface area contributed by atoms with Crippen LogP contribution in [0.2, 0.25) is 0 Å². The fraction of sp³-hybridized carbons (Fsp3) is 1.00. The van der Waals surface area contributed by atoms with Crippen LogP contribution in [-0.4, -0.2) is 25.9 Å². The molecule has 1 nitrogen and oxygen atoms in total. The van der Waals surface area contributed by atoms with Gasteiger partial charge in [0.2, 0.25) is 0 Å². The molecule has 11 heavy (non-hydrogen) atoms. The van der Waals surface area contributed by atoms with Gasteiger partial charge in [-0.2, -0.15) is 13.2 Å². The van der Waals surface area contributed by atoms with E-state index in [1.165, 1.54) is 0 Å². The molecule has 0 spiro atoms. The summed E-state index contributed by atoms with van der Waals surface area (Å²) >= 11 is 0. The van der Waals surface area contributed by atoms with Crippen LogP contribution >= 0.6 is 0 Å². The van der Waals surface area contributed by atoms with Gasteiger partial charge in [-0.1, -0.05) is 0 Å². The summed E-state index contributed by atoms with van der Waals surface area (Å²) in [5.74, 6) is -2.37. The third-order valence-electron chi connectivity index (χ3n) is 1.96. The van der Waals surface area contributed by atoms with Crippen molar-refractivity contribution in [1.82, 2.24) is 5.32 Å². The van der Waals surface area contributed by atoms with Crippen LogP contribution < -0.4 is 5.32 Å². The number of rotatable bonds is 1. The highest BCUT2D eigenvalue weighted by atomic mass is 19.4. The van der Waals surface area contributed by atoms with E-state index >= 15 is 0 Å². The molecule has 0 aromatic heterocycles. The highest BCUT2D eigenvalue weighted by molar-refractivity contribution is 4.85. The zero-order chi connectivity index (χ0) is 8.48. The van der Waals surface area contributed by atoms with E-state index in [0.29, 0.717) is 0 Å². The van der Waals surface area contributed by atoms with Gasteiger partial charge in [0.05, 0.1) is 12.6 Å². The second-order valence-corrected chi connectivity index (χ2v) is 2.72. The largest absolute Gasteiger partial charge is 0.393 e. The maximum Gasteiger partial charge on any atom is 0.393 e. The van der Waals surface area contributed by atoms with Crippen LogP contribution in [0.4, 0.5) is 17.6 Å². The zero-order valence-electron chi connectivity index (χ0n) is 5.79. The third-order valence-corrected chi connectivity index (χ3v) is 1.96. The molecular weight excluding hydrogens is 162 g/mol. The molecule has 0 bridgehead atoms. The first-order valence-electron chi connectivity index (χ1n) is 3.39.